The van der Waals surface area contributed by atoms with E-state index < -0.39 is 28.4 Å². The summed E-state index contributed by atoms with van der Waals surface area (Å²) in [4.78, 5) is 24.1. The molecule has 0 radical (unpaired) electrons. The minimum Gasteiger partial charge on any atom is -0.393 e. The maximum atomic E-state index is 13.6. The molecule has 0 bridgehead atoms. The van der Waals surface area contributed by atoms with Gasteiger partial charge in [-0.2, -0.15) is 0 Å². The Morgan fingerprint density at radius 3 is 2.62 bits per heavy atom. The van der Waals surface area contributed by atoms with E-state index in [4.69, 9.17) is 0 Å². The highest BCUT2D eigenvalue weighted by atomic mass is 19.1. The molecule has 1 aliphatic rings. The van der Waals surface area contributed by atoms with E-state index in [-0.39, 0.29) is 11.3 Å². The van der Waals surface area contributed by atoms with Crippen LogP contribution in [0.1, 0.15) is 23.2 Å². The number of rotatable bonds is 3. The molecule has 1 fully saturated rings. The Bertz CT molecular complexity index is 571. The van der Waals surface area contributed by atoms with Crippen molar-refractivity contribution in [3.8, 4) is 0 Å². The summed E-state index contributed by atoms with van der Waals surface area (Å²) in [5.41, 5.74) is -0.675. The van der Waals surface area contributed by atoms with Crippen LogP contribution in [0.25, 0.3) is 0 Å². The summed E-state index contributed by atoms with van der Waals surface area (Å²) in [5, 5.41) is 23.0. The number of amides is 1. The Kier molecular flexibility index (Phi) is 4.37. The first kappa shape index (κ1) is 15.2. The summed E-state index contributed by atoms with van der Waals surface area (Å²) >= 11 is 0. The van der Waals surface area contributed by atoms with Gasteiger partial charge in [-0.3, -0.25) is 14.9 Å². The normalized spacial score (nSPS) is 15.9. The third-order valence-corrected chi connectivity index (χ3v) is 3.53. The lowest BCUT2D eigenvalue weighted by Crippen LogP contribution is -2.40. The smallest absolute Gasteiger partial charge is 0.285 e. The van der Waals surface area contributed by atoms with E-state index >= 15 is 0 Å². The molecule has 0 unspecified atom stereocenters. The van der Waals surface area contributed by atoms with Crippen LogP contribution in [-0.4, -0.2) is 47.1 Å². The van der Waals surface area contributed by atoms with E-state index in [1.807, 2.05) is 0 Å². The summed E-state index contributed by atoms with van der Waals surface area (Å²) in [6.07, 6.45) is 0.407. The molecule has 1 heterocycles. The fourth-order valence-electron chi connectivity index (χ4n) is 2.32. The quantitative estimate of drug-likeness (QED) is 0.649. The van der Waals surface area contributed by atoms with Crippen molar-refractivity contribution >= 4 is 17.3 Å². The third kappa shape index (κ3) is 3.10. The maximum absolute atomic E-state index is 13.6. The van der Waals surface area contributed by atoms with Crippen molar-refractivity contribution in [1.29, 1.82) is 0 Å². The molecule has 1 aromatic rings. The van der Waals surface area contributed by atoms with Gasteiger partial charge in [-0.15, -0.1) is 0 Å². The number of hydrogen-bond donors (Lipinski definition) is 2. The van der Waals surface area contributed by atoms with E-state index in [0.717, 1.165) is 12.1 Å². The number of carbonyl (C=O) groups excluding carboxylic acids is 1. The van der Waals surface area contributed by atoms with Gasteiger partial charge in [0.05, 0.1) is 22.8 Å². The van der Waals surface area contributed by atoms with Gasteiger partial charge in [0.2, 0.25) is 0 Å². The zero-order valence-corrected chi connectivity index (χ0v) is 11.5. The number of anilines is 1. The molecule has 0 spiro atoms. The maximum Gasteiger partial charge on any atom is 0.285 e. The molecule has 0 aliphatic carbocycles. The van der Waals surface area contributed by atoms with E-state index in [0.29, 0.717) is 25.9 Å². The average Bonchev–Trinajstić information content (AvgIpc) is 2.47. The molecule has 1 saturated heterocycles. The van der Waals surface area contributed by atoms with Crippen molar-refractivity contribution in [3.05, 3.63) is 33.6 Å². The Hall–Kier alpha value is -2.22. The van der Waals surface area contributed by atoms with Gasteiger partial charge in [-0.05, 0) is 18.9 Å². The molecule has 0 saturated carbocycles. The zero-order valence-electron chi connectivity index (χ0n) is 11.5. The van der Waals surface area contributed by atoms with E-state index in [1.54, 1.807) is 0 Å². The minimum absolute atomic E-state index is 0.0287. The first-order valence-corrected chi connectivity index (χ1v) is 6.57. The number of carbonyl (C=O) groups is 1. The summed E-state index contributed by atoms with van der Waals surface area (Å²) in [6.45, 7) is 0.646. The van der Waals surface area contributed by atoms with Gasteiger partial charge in [-0.25, -0.2) is 4.39 Å². The van der Waals surface area contributed by atoms with Crippen molar-refractivity contribution in [3.63, 3.8) is 0 Å². The number of likely N-dealkylation sites (tertiary alicyclic amines) is 1. The van der Waals surface area contributed by atoms with Crippen LogP contribution in [0.3, 0.4) is 0 Å². The Morgan fingerprint density at radius 1 is 1.48 bits per heavy atom. The topological polar surface area (TPSA) is 95.7 Å². The molecule has 21 heavy (non-hydrogen) atoms. The van der Waals surface area contributed by atoms with Gasteiger partial charge in [0.1, 0.15) is 5.56 Å². The highest BCUT2D eigenvalue weighted by molar-refractivity contribution is 5.99. The van der Waals surface area contributed by atoms with Crippen LogP contribution in [0.2, 0.25) is 0 Å². The van der Waals surface area contributed by atoms with Gasteiger partial charge < -0.3 is 15.3 Å². The second kappa shape index (κ2) is 6.04. The van der Waals surface area contributed by atoms with Crippen molar-refractivity contribution in [2.24, 2.45) is 0 Å². The number of nitro groups is 1. The van der Waals surface area contributed by atoms with E-state index in [9.17, 15) is 24.4 Å². The zero-order chi connectivity index (χ0) is 15.6. The predicted molar refractivity (Wildman–Crippen MR) is 73.7 cm³/mol. The molecule has 2 N–H and O–H groups in total. The van der Waals surface area contributed by atoms with E-state index in [2.05, 4.69) is 5.32 Å². The van der Waals surface area contributed by atoms with Gasteiger partial charge >= 0.3 is 0 Å². The fourth-order valence-corrected chi connectivity index (χ4v) is 2.32. The van der Waals surface area contributed by atoms with Crippen LogP contribution in [0.5, 0.6) is 0 Å². The highest BCUT2D eigenvalue weighted by Gasteiger charge is 2.29. The number of aliphatic hydroxyl groups excluding tert-OH is 1. The van der Waals surface area contributed by atoms with E-state index in [1.165, 1.54) is 11.9 Å². The second-order valence-corrected chi connectivity index (χ2v) is 4.88. The molecule has 2 rings (SSSR count). The molecule has 0 aromatic heterocycles. The number of hydrogen-bond acceptors (Lipinski definition) is 5. The van der Waals surface area contributed by atoms with Crippen LogP contribution < -0.4 is 5.32 Å². The summed E-state index contributed by atoms with van der Waals surface area (Å²) in [7, 11) is 1.47. The van der Waals surface area contributed by atoms with Gasteiger partial charge in [0.15, 0.2) is 5.82 Å². The predicted octanol–water partition coefficient (Wildman–Crippen LogP) is 1.37. The molecular weight excluding hydrogens is 281 g/mol. The summed E-state index contributed by atoms with van der Waals surface area (Å²) < 4.78 is 13.6. The van der Waals surface area contributed by atoms with Crippen LogP contribution in [0.15, 0.2) is 12.1 Å². The fraction of sp³-hybridized carbons (Fsp3) is 0.462. The van der Waals surface area contributed by atoms with Crippen molar-refractivity contribution in [2.45, 2.75) is 18.9 Å². The summed E-state index contributed by atoms with van der Waals surface area (Å²) in [6, 6.07) is 1.90. The lowest BCUT2D eigenvalue weighted by molar-refractivity contribution is -0.385. The summed E-state index contributed by atoms with van der Waals surface area (Å²) in [5.74, 6) is -1.31. The lowest BCUT2D eigenvalue weighted by atomic mass is 10.0. The highest BCUT2D eigenvalue weighted by Crippen LogP contribution is 2.28. The van der Waals surface area contributed by atoms with Crippen LogP contribution in [0.4, 0.5) is 15.8 Å². The number of aliphatic hydroxyl groups is 1. The van der Waals surface area contributed by atoms with Gasteiger partial charge in [0.25, 0.3) is 11.6 Å². The van der Waals surface area contributed by atoms with Crippen LogP contribution >= 0.6 is 0 Å². The van der Waals surface area contributed by atoms with Crippen molar-refractivity contribution < 1.29 is 19.2 Å². The molecule has 7 nitrogen and oxygen atoms in total. The number of nitrogens with one attached hydrogen (secondary N) is 1. The number of nitro benzene ring substituents is 1. The molecule has 0 atom stereocenters. The number of halogens is 1. The molecule has 1 aliphatic heterocycles. The first-order chi connectivity index (χ1) is 9.93. The number of nitrogens with zero attached hydrogens (tertiary/aromatic N) is 2. The number of benzene rings is 1. The Labute approximate surface area is 120 Å². The SMILES string of the molecule is CNc1cc(C(=O)N2CCC(O)CC2)c([N+](=O)[O-])cc1F. The van der Waals surface area contributed by atoms with Crippen molar-refractivity contribution in [1.82, 2.24) is 4.90 Å². The third-order valence-electron chi connectivity index (χ3n) is 3.53. The molecule has 1 aromatic carbocycles. The van der Waals surface area contributed by atoms with Crippen molar-refractivity contribution in [2.75, 3.05) is 25.5 Å². The van der Waals surface area contributed by atoms with Gasteiger partial charge in [-0.1, -0.05) is 0 Å². The van der Waals surface area contributed by atoms with Crippen LogP contribution in [-0.2, 0) is 0 Å². The second-order valence-electron chi connectivity index (χ2n) is 4.88. The van der Waals surface area contributed by atoms with Gasteiger partial charge in [0, 0.05) is 20.1 Å². The standard InChI is InChI=1S/C13H16FN3O4/c1-15-11-6-9(12(17(20)21)7-10(11)14)13(19)16-4-2-8(18)3-5-16/h6-8,15,18H,2-5H2,1H3. The minimum atomic E-state index is -0.783. The Morgan fingerprint density at radius 2 is 2.10 bits per heavy atom. The Balaban J connectivity index is 2.37. The molecule has 8 heteroatoms. The van der Waals surface area contributed by atoms with Crippen LogP contribution in [0, 0.1) is 15.9 Å². The molecule has 114 valence electrons. The first-order valence-electron chi connectivity index (χ1n) is 6.57. The monoisotopic (exact) mass is 297 g/mol. The molecule has 1 amide bonds. The average molecular weight is 297 g/mol. The molecular formula is C13H16FN3O4. The number of piperidine rings is 1. The lowest BCUT2D eigenvalue weighted by Gasteiger charge is -2.29. The largest absolute Gasteiger partial charge is 0.393 e.